The van der Waals surface area contributed by atoms with Gasteiger partial charge in [0, 0.05) is 0 Å². The Morgan fingerprint density at radius 3 is 0.750 bits per heavy atom. The van der Waals surface area contributed by atoms with Crippen LogP contribution in [-0.4, -0.2) is 48.9 Å². The number of hydrogen-bond donors (Lipinski definition) is 0. The molecule has 0 heterocycles. The summed E-state index contributed by atoms with van der Waals surface area (Å²) in [5.74, 6) is 0. The molecule has 0 fully saturated rings. The number of hydrogen-bond acceptors (Lipinski definition) is 0. The van der Waals surface area contributed by atoms with Crippen LogP contribution in [-0.2, 0) is 19.5 Å². The van der Waals surface area contributed by atoms with Crippen LogP contribution in [0.3, 0.4) is 0 Å². The molecule has 0 aromatic carbocycles. The predicted octanol–water partition coefficient (Wildman–Crippen LogP) is -11.1. The molecule has 0 nitrogen and oxygen atoms in total. The standard InChI is InChI=1S/Ba.FI.4HI.Zn/c;1-2;;;;;/h;;4*1H;/q+2;;;;;;+2/p-4. The van der Waals surface area contributed by atoms with Crippen molar-refractivity contribution in [3.63, 3.8) is 0 Å². The number of halogens is 6. The minimum Gasteiger partial charge on any atom is -1.00 e. The minimum absolute atomic E-state index is 0. The van der Waals surface area contributed by atoms with Crippen LogP contribution in [0.5, 0.6) is 0 Å². The molecular weight excluding hydrogens is 856 g/mol. The molecule has 0 rings (SSSR count). The fourth-order valence-corrected chi connectivity index (χ4v) is 0. The molecule has 0 radical (unpaired) electrons. The first-order valence-corrected chi connectivity index (χ1v) is 0.958. The van der Waals surface area contributed by atoms with E-state index in [-0.39, 0.29) is 164 Å². The maximum Gasteiger partial charge on any atom is 2.00 e. The molecule has 46 valence electrons. The van der Waals surface area contributed by atoms with Gasteiger partial charge in [-0.2, -0.15) is 2.86 Å². The van der Waals surface area contributed by atoms with E-state index in [2.05, 4.69) is 0 Å². The Kier molecular flexibility index (Phi) is 325. The smallest absolute Gasteiger partial charge is 1.00 e. The Labute approximate surface area is 185 Å². The maximum atomic E-state index is 9.47. The summed E-state index contributed by atoms with van der Waals surface area (Å²) in [7, 11) is 0. The molecule has 0 N–H and O–H groups in total. The van der Waals surface area contributed by atoms with Crippen molar-refractivity contribution >= 4 is 72.0 Å². The second-order valence-electron chi connectivity index (χ2n) is 0. The van der Waals surface area contributed by atoms with Gasteiger partial charge in [0.15, 0.2) is 23.2 Å². The molecule has 0 aliphatic heterocycles. The Bertz CT molecular complexity index is 12.4. The van der Waals surface area contributed by atoms with Gasteiger partial charge in [-0.1, -0.05) is 0 Å². The van der Waals surface area contributed by atoms with Crippen LogP contribution >= 0.6 is 23.2 Å². The normalized spacial score (nSPS) is 0.750. The van der Waals surface area contributed by atoms with Crippen LogP contribution < -0.4 is 95.9 Å². The van der Waals surface area contributed by atoms with Gasteiger partial charge in [0.25, 0.3) is 0 Å². The van der Waals surface area contributed by atoms with E-state index in [1.807, 2.05) is 0 Å². The van der Waals surface area contributed by atoms with Crippen LogP contribution in [0.1, 0.15) is 0 Å². The summed E-state index contributed by atoms with van der Waals surface area (Å²) in [5.41, 5.74) is 0. The molecule has 0 aromatic heterocycles. The van der Waals surface area contributed by atoms with Crippen molar-refractivity contribution in [1.29, 1.82) is 0 Å². The third kappa shape index (κ3) is 41.0. The third-order valence-corrected chi connectivity index (χ3v) is 0. The van der Waals surface area contributed by atoms with Crippen molar-refractivity contribution in [3.05, 3.63) is 0 Å². The fourth-order valence-electron chi connectivity index (χ4n) is 0. The molecule has 8 heteroatoms. The van der Waals surface area contributed by atoms with Crippen molar-refractivity contribution in [1.82, 2.24) is 0 Å². The average molecular weight is 856 g/mol. The van der Waals surface area contributed by atoms with Gasteiger partial charge in [0.2, 0.25) is 0 Å². The molecule has 0 spiro atoms. The SMILES string of the molecule is FI.[Ba+2].[I-].[I-].[I-].[I-].[Zn+2]. The second-order valence-corrected chi connectivity index (χ2v) is 0. The van der Waals surface area contributed by atoms with E-state index >= 15 is 0 Å². The summed E-state index contributed by atoms with van der Waals surface area (Å²) >= 11 is 0.650. The molecular formula is BaFI5Zn. The largest absolute Gasteiger partial charge is 2.00 e. The topological polar surface area (TPSA) is 0 Å². The van der Waals surface area contributed by atoms with Crippen LogP contribution in [0.15, 0.2) is 0 Å². The van der Waals surface area contributed by atoms with Gasteiger partial charge in [0.1, 0.15) is 0 Å². The summed E-state index contributed by atoms with van der Waals surface area (Å²) in [6.07, 6.45) is 0. The summed E-state index contributed by atoms with van der Waals surface area (Å²) in [4.78, 5) is 0. The Hall–Kier alpha value is 5.77. The van der Waals surface area contributed by atoms with Crippen LogP contribution in [0.4, 0.5) is 2.86 Å². The Balaban J connectivity index is -0.000000000333. The van der Waals surface area contributed by atoms with E-state index in [4.69, 9.17) is 0 Å². The zero-order chi connectivity index (χ0) is 2.00. The predicted molar refractivity (Wildman–Crippen MR) is 20.9 cm³/mol. The number of rotatable bonds is 0. The van der Waals surface area contributed by atoms with Crippen molar-refractivity contribution in [2.24, 2.45) is 0 Å². The first kappa shape index (κ1) is 49.0. The Morgan fingerprint density at radius 2 is 0.750 bits per heavy atom. The zero-order valence-electron chi connectivity index (χ0n) is 3.68. The molecule has 0 bridgehead atoms. The molecule has 0 atom stereocenters. The van der Waals surface area contributed by atoms with E-state index in [1.54, 1.807) is 0 Å². The van der Waals surface area contributed by atoms with Crippen LogP contribution in [0.25, 0.3) is 0 Å². The van der Waals surface area contributed by atoms with Gasteiger partial charge in [-0.3, -0.25) is 0 Å². The molecule has 0 unspecified atom stereocenters. The quantitative estimate of drug-likeness (QED) is 0.168. The monoisotopic (exact) mass is 855 g/mol. The first-order chi connectivity index (χ1) is 1.00. The van der Waals surface area contributed by atoms with Gasteiger partial charge in [-0.25, -0.2) is 0 Å². The van der Waals surface area contributed by atoms with Crippen molar-refractivity contribution in [2.45, 2.75) is 0 Å². The minimum atomic E-state index is 0. The van der Waals surface area contributed by atoms with Crippen molar-refractivity contribution in [3.8, 4) is 0 Å². The van der Waals surface area contributed by atoms with Gasteiger partial charge >= 0.3 is 68.4 Å². The van der Waals surface area contributed by atoms with Crippen molar-refractivity contribution in [2.75, 3.05) is 0 Å². The van der Waals surface area contributed by atoms with Crippen LogP contribution in [0, 0.1) is 0 Å². The van der Waals surface area contributed by atoms with Crippen LogP contribution in [0.2, 0.25) is 0 Å². The van der Waals surface area contributed by atoms with Gasteiger partial charge < -0.3 is 95.9 Å². The van der Waals surface area contributed by atoms with E-state index in [1.165, 1.54) is 0 Å². The van der Waals surface area contributed by atoms with Gasteiger partial charge in [0.05, 0.1) is 0 Å². The van der Waals surface area contributed by atoms with E-state index in [0.717, 1.165) is 0 Å². The summed E-state index contributed by atoms with van der Waals surface area (Å²) in [5, 5.41) is 0. The molecule has 0 amide bonds. The molecule has 0 saturated carbocycles. The molecule has 0 aliphatic rings. The summed E-state index contributed by atoms with van der Waals surface area (Å²) in [6.45, 7) is 0. The second kappa shape index (κ2) is 53.1. The van der Waals surface area contributed by atoms with Gasteiger partial charge in [-0.05, 0) is 0 Å². The maximum absolute atomic E-state index is 9.47. The molecule has 0 aromatic rings. The van der Waals surface area contributed by atoms with Gasteiger partial charge in [-0.15, -0.1) is 0 Å². The summed E-state index contributed by atoms with van der Waals surface area (Å²) in [6, 6.07) is 0. The summed E-state index contributed by atoms with van der Waals surface area (Å²) < 4.78 is 9.47. The third-order valence-electron chi connectivity index (χ3n) is 0. The van der Waals surface area contributed by atoms with Crippen molar-refractivity contribution < 1.29 is 118 Å². The molecule has 0 aliphatic carbocycles. The first-order valence-electron chi connectivity index (χ1n) is 0.143. The fraction of sp³-hybridized carbons (Fsp3) is 0. The van der Waals surface area contributed by atoms with E-state index < -0.39 is 0 Å². The van der Waals surface area contributed by atoms with E-state index in [9.17, 15) is 2.86 Å². The zero-order valence-corrected chi connectivity index (χ0v) is 21.9. The average Bonchev–Trinajstić information content (AvgIpc) is 1.00. The molecule has 8 heavy (non-hydrogen) atoms. The van der Waals surface area contributed by atoms with E-state index in [0.29, 0.717) is 23.2 Å². The molecule has 0 saturated heterocycles. The Morgan fingerprint density at radius 1 is 0.750 bits per heavy atom.